The molecule has 1 atom stereocenters. The second kappa shape index (κ2) is 7.44. The number of carbonyl (C=O) groups is 1. The van der Waals surface area contributed by atoms with Crippen molar-refractivity contribution in [3.8, 4) is 0 Å². The number of nitrogens with zero attached hydrogens (tertiary/aromatic N) is 1. The molecule has 0 bridgehead atoms. The number of nitrogens with one attached hydrogen (secondary N) is 1. The van der Waals surface area contributed by atoms with Crippen LogP contribution >= 0.6 is 21.6 Å². The Morgan fingerprint density at radius 2 is 2.21 bits per heavy atom. The van der Waals surface area contributed by atoms with Crippen LogP contribution in [0, 0.1) is 0 Å². The number of aromatic amines is 1. The molecule has 2 aliphatic heterocycles. The lowest BCUT2D eigenvalue weighted by atomic mass is 10.0. The van der Waals surface area contributed by atoms with Gasteiger partial charge in [0, 0.05) is 59.1 Å². The van der Waals surface area contributed by atoms with Crippen LogP contribution in [0.3, 0.4) is 0 Å². The van der Waals surface area contributed by atoms with Gasteiger partial charge in [0.05, 0.1) is 0 Å². The highest BCUT2D eigenvalue weighted by Crippen LogP contribution is 2.40. The number of carbonyl (C=O) groups excluding carboxylic acids is 1. The summed E-state index contributed by atoms with van der Waals surface area (Å²) in [5.41, 5.74) is 3.84. The van der Waals surface area contributed by atoms with Gasteiger partial charge >= 0.3 is 0 Å². The van der Waals surface area contributed by atoms with E-state index in [0.29, 0.717) is 12.3 Å². The van der Waals surface area contributed by atoms with Gasteiger partial charge in [0.25, 0.3) is 0 Å². The summed E-state index contributed by atoms with van der Waals surface area (Å²) in [6, 6.07) is 8.43. The van der Waals surface area contributed by atoms with Gasteiger partial charge in [-0.2, -0.15) is 0 Å². The van der Waals surface area contributed by atoms with Crippen LogP contribution in [0.2, 0.25) is 0 Å². The molecule has 2 aromatic rings. The Kier molecular flexibility index (Phi) is 5.09. The molecule has 3 nitrogen and oxygen atoms in total. The van der Waals surface area contributed by atoms with E-state index in [1.54, 1.807) is 0 Å². The van der Waals surface area contributed by atoms with Gasteiger partial charge in [-0.25, -0.2) is 0 Å². The maximum absolute atomic E-state index is 12.6. The first kappa shape index (κ1) is 16.4. The number of aromatic nitrogens is 1. The lowest BCUT2D eigenvalue weighted by Crippen LogP contribution is -2.35. The minimum Gasteiger partial charge on any atom is -0.358 e. The molecule has 1 saturated heterocycles. The third-order valence-electron chi connectivity index (χ3n) is 5.13. The molecule has 1 fully saturated rings. The molecule has 0 spiro atoms. The van der Waals surface area contributed by atoms with Crippen LogP contribution in [0.1, 0.15) is 43.4 Å². The van der Waals surface area contributed by atoms with E-state index in [1.807, 2.05) is 21.6 Å². The van der Waals surface area contributed by atoms with E-state index in [1.165, 1.54) is 47.2 Å². The maximum atomic E-state index is 12.6. The summed E-state index contributed by atoms with van der Waals surface area (Å²) in [5.74, 6) is 1.63. The zero-order chi connectivity index (χ0) is 16.4. The van der Waals surface area contributed by atoms with E-state index in [-0.39, 0.29) is 0 Å². The predicted octanol–water partition coefficient (Wildman–Crippen LogP) is 4.77. The molecule has 24 heavy (non-hydrogen) atoms. The highest BCUT2D eigenvalue weighted by molar-refractivity contribution is 8.77. The standard InChI is InChI=1S/C19H24N2OS2/c22-19(8-4-1-5-14-10-12-23-24-14)21-11-9-18-16(13-21)15-6-2-3-7-17(15)20-18/h2-3,6-7,14,20H,1,4-5,8-13H2/t14-/m1/s1. The predicted molar refractivity (Wildman–Crippen MR) is 104 cm³/mol. The summed E-state index contributed by atoms with van der Waals surface area (Å²) in [5, 5.41) is 2.11. The number of hydrogen-bond donors (Lipinski definition) is 1. The van der Waals surface area contributed by atoms with Crippen LogP contribution < -0.4 is 0 Å². The van der Waals surface area contributed by atoms with Crippen LogP contribution in [0.25, 0.3) is 10.9 Å². The third-order valence-corrected chi connectivity index (χ3v) is 8.14. The number of H-pyrrole nitrogens is 1. The first-order valence-corrected chi connectivity index (χ1v) is 11.3. The molecule has 4 rings (SSSR count). The molecule has 3 heterocycles. The van der Waals surface area contributed by atoms with Crippen LogP contribution in [-0.2, 0) is 17.8 Å². The number of para-hydroxylation sites is 1. The number of hydrogen-bond acceptors (Lipinski definition) is 3. The molecule has 1 amide bonds. The normalized spacial score (nSPS) is 20.5. The Morgan fingerprint density at radius 3 is 3.08 bits per heavy atom. The van der Waals surface area contributed by atoms with Crippen molar-refractivity contribution in [2.24, 2.45) is 0 Å². The Balaban J connectivity index is 1.31. The van der Waals surface area contributed by atoms with Crippen molar-refractivity contribution in [1.82, 2.24) is 9.88 Å². The summed E-state index contributed by atoms with van der Waals surface area (Å²) in [6.07, 6.45) is 6.51. The summed E-state index contributed by atoms with van der Waals surface area (Å²) in [4.78, 5) is 18.1. The molecule has 0 saturated carbocycles. The van der Waals surface area contributed by atoms with Crippen molar-refractivity contribution >= 4 is 38.4 Å². The lowest BCUT2D eigenvalue weighted by molar-refractivity contribution is -0.132. The number of fused-ring (bicyclic) bond motifs is 3. The Hall–Kier alpha value is -1.07. The largest absolute Gasteiger partial charge is 0.358 e. The SMILES string of the molecule is O=C(CCCC[C@@H]1CCSS1)N1CCc2[nH]c3ccccc3c2C1. The summed E-state index contributed by atoms with van der Waals surface area (Å²) >= 11 is 0. The van der Waals surface area contributed by atoms with E-state index < -0.39 is 0 Å². The minimum atomic E-state index is 0.333. The monoisotopic (exact) mass is 360 g/mol. The molecule has 0 radical (unpaired) electrons. The lowest BCUT2D eigenvalue weighted by Gasteiger charge is -2.27. The molecule has 1 aromatic heterocycles. The van der Waals surface area contributed by atoms with E-state index in [0.717, 1.165) is 31.2 Å². The quantitative estimate of drug-likeness (QED) is 0.616. The molecule has 128 valence electrons. The Bertz CT molecular complexity index is 721. The molecule has 0 aliphatic carbocycles. The van der Waals surface area contributed by atoms with Crippen LogP contribution in [-0.4, -0.2) is 33.3 Å². The van der Waals surface area contributed by atoms with Crippen molar-refractivity contribution in [3.05, 3.63) is 35.5 Å². The third kappa shape index (κ3) is 3.47. The molecule has 1 aromatic carbocycles. The summed E-state index contributed by atoms with van der Waals surface area (Å²) < 4.78 is 0. The van der Waals surface area contributed by atoms with Gasteiger partial charge in [-0.15, -0.1) is 0 Å². The fraction of sp³-hybridized carbons (Fsp3) is 0.526. The van der Waals surface area contributed by atoms with Gasteiger partial charge < -0.3 is 9.88 Å². The highest BCUT2D eigenvalue weighted by Gasteiger charge is 2.23. The molecular formula is C19H24N2OS2. The minimum absolute atomic E-state index is 0.333. The van der Waals surface area contributed by atoms with Gasteiger partial charge in [-0.05, 0) is 25.3 Å². The molecule has 0 unspecified atom stereocenters. The van der Waals surface area contributed by atoms with E-state index in [4.69, 9.17) is 0 Å². The van der Waals surface area contributed by atoms with E-state index in [2.05, 4.69) is 34.1 Å². The van der Waals surface area contributed by atoms with Gasteiger partial charge in [-0.1, -0.05) is 46.2 Å². The zero-order valence-electron chi connectivity index (χ0n) is 13.9. The first-order chi connectivity index (χ1) is 11.8. The maximum Gasteiger partial charge on any atom is 0.222 e. The van der Waals surface area contributed by atoms with Crippen molar-refractivity contribution in [2.45, 2.75) is 50.3 Å². The van der Waals surface area contributed by atoms with Crippen LogP contribution in [0.15, 0.2) is 24.3 Å². The zero-order valence-corrected chi connectivity index (χ0v) is 15.6. The Labute approximate surface area is 151 Å². The topological polar surface area (TPSA) is 36.1 Å². The first-order valence-electron chi connectivity index (χ1n) is 8.96. The summed E-state index contributed by atoms with van der Waals surface area (Å²) in [7, 11) is 4.04. The second-order valence-corrected chi connectivity index (χ2v) is 9.56. The molecule has 5 heteroatoms. The van der Waals surface area contributed by atoms with Gasteiger partial charge in [0.1, 0.15) is 0 Å². The van der Waals surface area contributed by atoms with E-state index >= 15 is 0 Å². The number of amides is 1. The second-order valence-electron chi connectivity index (χ2n) is 6.77. The van der Waals surface area contributed by atoms with Crippen molar-refractivity contribution in [1.29, 1.82) is 0 Å². The van der Waals surface area contributed by atoms with Crippen LogP contribution in [0.4, 0.5) is 0 Å². The number of rotatable bonds is 5. The molecule has 1 N–H and O–H groups in total. The highest BCUT2D eigenvalue weighted by atomic mass is 33.1. The number of unbranched alkanes of at least 4 members (excludes halogenated alkanes) is 1. The molecule has 2 aliphatic rings. The molecular weight excluding hydrogens is 336 g/mol. The average Bonchev–Trinajstić information content (AvgIpc) is 3.25. The fourth-order valence-corrected chi connectivity index (χ4v) is 6.78. The fourth-order valence-electron chi connectivity index (χ4n) is 3.75. The van der Waals surface area contributed by atoms with Gasteiger partial charge in [0.2, 0.25) is 5.91 Å². The number of benzene rings is 1. The van der Waals surface area contributed by atoms with Crippen LogP contribution in [0.5, 0.6) is 0 Å². The van der Waals surface area contributed by atoms with Crippen molar-refractivity contribution in [3.63, 3.8) is 0 Å². The average molecular weight is 361 g/mol. The van der Waals surface area contributed by atoms with Gasteiger partial charge in [0.15, 0.2) is 0 Å². The van der Waals surface area contributed by atoms with Crippen molar-refractivity contribution < 1.29 is 4.79 Å². The Morgan fingerprint density at radius 1 is 1.29 bits per heavy atom. The summed E-state index contributed by atoms with van der Waals surface area (Å²) in [6.45, 7) is 1.63. The van der Waals surface area contributed by atoms with Crippen molar-refractivity contribution in [2.75, 3.05) is 12.3 Å². The van der Waals surface area contributed by atoms with E-state index in [9.17, 15) is 4.79 Å². The van der Waals surface area contributed by atoms with Gasteiger partial charge in [-0.3, -0.25) is 4.79 Å². The smallest absolute Gasteiger partial charge is 0.222 e.